The molecule has 1 N–H and O–H groups in total. The van der Waals surface area contributed by atoms with Crippen LogP contribution in [0, 0.1) is 11.6 Å². The van der Waals surface area contributed by atoms with Gasteiger partial charge in [0.2, 0.25) is 5.91 Å². The molecule has 0 unspecified atom stereocenters. The molecule has 0 bridgehead atoms. The first-order valence-electron chi connectivity index (χ1n) is 11.5. The zero-order valence-corrected chi connectivity index (χ0v) is 19.4. The van der Waals surface area contributed by atoms with Gasteiger partial charge in [0.15, 0.2) is 17.3 Å². The lowest BCUT2D eigenvalue weighted by Crippen LogP contribution is -2.51. The van der Waals surface area contributed by atoms with Crippen molar-refractivity contribution in [3.63, 3.8) is 0 Å². The number of halogens is 3. The number of carbonyl (C=O) groups is 3. The topological polar surface area (TPSA) is 112 Å². The first-order valence-corrected chi connectivity index (χ1v) is 11.5. The Bertz CT molecular complexity index is 1300. The second-order valence-corrected chi connectivity index (χ2v) is 8.55. The van der Waals surface area contributed by atoms with Crippen LogP contribution < -0.4 is 15.1 Å². The molecular weight excluding hydrogens is 495 g/mol. The van der Waals surface area contributed by atoms with E-state index in [0.29, 0.717) is 5.65 Å². The van der Waals surface area contributed by atoms with Crippen molar-refractivity contribution >= 4 is 34.9 Å². The minimum atomic E-state index is -0.981. The molecule has 2 saturated heterocycles. The fourth-order valence-corrected chi connectivity index (χ4v) is 4.31. The number of aromatic nitrogens is 3. The van der Waals surface area contributed by atoms with Crippen molar-refractivity contribution in [1.82, 2.24) is 24.6 Å². The minimum Gasteiger partial charge on any atom is -0.441 e. The van der Waals surface area contributed by atoms with Gasteiger partial charge < -0.3 is 24.3 Å². The van der Waals surface area contributed by atoms with Crippen LogP contribution in [-0.2, 0) is 9.53 Å². The quantitative estimate of drug-likeness (QED) is 0.526. The van der Waals surface area contributed by atoms with Crippen LogP contribution in [0.25, 0.3) is 5.65 Å². The van der Waals surface area contributed by atoms with Crippen LogP contribution in [0.2, 0.25) is 0 Å². The van der Waals surface area contributed by atoms with Gasteiger partial charge in [-0.15, -0.1) is 0 Å². The Hall–Kier alpha value is -4.36. The number of anilines is 2. The van der Waals surface area contributed by atoms with Gasteiger partial charge in [-0.1, -0.05) is 0 Å². The third kappa shape index (κ3) is 4.86. The van der Waals surface area contributed by atoms with E-state index in [2.05, 4.69) is 15.3 Å². The predicted octanol–water partition coefficient (Wildman–Crippen LogP) is 1.38. The molecule has 5 rings (SSSR count). The van der Waals surface area contributed by atoms with Crippen LogP contribution in [0.1, 0.15) is 10.5 Å². The molecular formula is C23H22F3N7O4. The molecule has 0 saturated carbocycles. The average Bonchev–Trinajstić information content (AvgIpc) is 3.50. The van der Waals surface area contributed by atoms with E-state index in [4.69, 9.17) is 4.74 Å². The number of nitrogens with one attached hydrogen (secondary N) is 1. The Morgan fingerprint density at radius 3 is 2.51 bits per heavy atom. The Morgan fingerprint density at radius 2 is 1.86 bits per heavy atom. The number of cyclic esters (lactones) is 1. The molecule has 0 aliphatic carbocycles. The molecule has 0 radical (unpaired) electrons. The highest BCUT2D eigenvalue weighted by Gasteiger charge is 2.34. The van der Waals surface area contributed by atoms with Crippen LogP contribution in [0.15, 0.2) is 36.9 Å². The molecule has 194 valence electrons. The van der Waals surface area contributed by atoms with Gasteiger partial charge in [-0.2, -0.15) is 0 Å². The molecule has 4 heterocycles. The number of carbonyl (C=O) groups excluding carboxylic acids is 3. The second kappa shape index (κ2) is 9.95. The summed E-state index contributed by atoms with van der Waals surface area (Å²) in [6.45, 7) is -0.606. The summed E-state index contributed by atoms with van der Waals surface area (Å²) < 4.78 is 49.0. The summed E-state index contributed by atoms with van der Waals surface area (Å²) in [6, 6.07) is 2.01. The van der Waals surface area contributed by atoms with Gasteiger partial charge in [-0.3, -0.25) is 19.5 Å². The second-order valence-electron chi connectivity index (χ2n) is 8.55. The van der Waals surface area contributed by atoms with E-state index in [1.165, 1.54) is 22.2 Å². The number of alkyl halides is 1. The highest BCUT2D eigenvalue weighted by molar-refractivity contribution is 5.95. The fourth-order valence-electron chi connectivity index (χ4n) is 4.31. The van der Waals surface area contributed by atoms with Crippen molar-refractivity contribution < 1.29 is 32.3 Å². The van der Waals surface area contributed by atoms with Gasteiger partial charge in [0.25, 0.3) is 5.91 Å². The summed E-state index contributed by atoms with van der Waals surface area (Å²) in [6.07, 6.45) is 4.37. The number of nitrogens with zero attached hydrogens (tertiary/aromatic N) is 6. The van der Waals surface area contributed by atoms with Crippen molar-refractivity contribution in [3.8, 4) is 0 Å². The Balaban J connectivity index is 1.16. The lowest BCUT2D eigenvalue weighted by molar-refractivity contribution is -0.130. The summed E-state index contributed by atoms with van der Waals surface area (Å²) in [5.74, 6) is -2.63. The van der Waals surface area contributed by atoms with Crippen LogP contribution >= 0.6 is 0 Å². The van der Waals surface area contributed by atoms with Crippen molar-refractivity contribution in [2.75, 3.05) is 55.7 Å². The number of imidazole rings is 1. The summed E-state index contributed by atoms with van der Waals surface area (Å²) in [5.41, 5.74) is 0.292. The summed E-state index contributed by atoms with van der Waals surface area (Å²) in [5, 5.41) is 2.54. The van der Waals surface area contributed by atoms with Gasteiger partial charge in [0.05, 0.1) is 25.0 Å². The molecule has 2 aliphatic rings. The van der Waals surface area contributed by atoms with E-state index < -0.39 is 36.4 Å². The highest BCUT2D eigenvalue weighted by atomic mass is 19.1. The molecule has 37 heavy (non-hydrogen) atoms. The van der Waals surface area contributed by atoms with Crippen molar-refractivity contribution in [1.29, 1.82) is 0 Å². The molecule has 2 fully saturated rings. The maximum absolute atomic E-state index is 14.9. The number of piperazine rings is 1. The zero-order chi connectivity index (χ0) is 26.1. The third-order valence-corrected chi connectivity index (χ3v) is 6.21. The molecule has 11 nitrogen and oxygen atoms in total. The Labute approximate surface area is 208 Å². The van der Waals surface area contributed by atoms with E-state index in [1.54, 1.807) is 16.8 Å². The number of amides is 3. The van der Waals surface area contributed by atoms with Gasteiger partial charge in [-0.05, 0) is 0 Å². The SMILES string of the molecule is O=C(NCC(=O)N1CCN(c2c(F)cc(N3C[C@H](CF)OC3=O)cc2F)CC1)c1cn2ccncc2n1. The van der Waals surface area contributed by atoms with Crippen molar-refractivity contribution in [3.05, 3.63) is 54.2 Å². The fraction of sp³-hybridized carbons (Fsp3) is 0.348. The number of hydrogen-bond donors (Lipinski definition) is 1. The molecule has 2 aromatic heterocycles. The number of ether oxygens (including phenoxy) is 1. The average molecular weight is 517 g/mol. The molecule has 1 aromatic carbocycles. The number of benzene rings is 1. The largest absolute Gasteiger partial charge is 0.441 e. The minimum absolute atomic E-state index is 0.0638. The lowest BCUT2D eigenvalue weighted by Gasteiger charge is -2.36. The van der Waals surface area contributed by atoms with E-state index in [-0.39, 0.29) is 62.2 Å². The first kappa shape index (κ1) is 24.3. The third-order valence-electron chi connectivity index (χ3n) is 6.21. The Morgan fingerprint density at radius 1 is 1.14 bits per heavy atom. The monoisotopic (exact) mass is 517 g/mol. The van der Waals surface area contributed by atoms with E-state index >= 15 is 0 Å². The predicted molar refractivity (Wildman–Crippen MR) is 124 cm³/mol. The van der Waals surface area contributed by atoms with Gasteiger partial charge in [0, 0.05) is 56.9 Å². The van der Waals surface area contributed by atoms with Crippen LogP contribution in [-0.4, -0.2) is 89.2 Å². The molecule has 0 spiro atoms. The first-order chi connectivity index (χ1) is 17.8. The number of fused-ring (bicyclic) bond motifs is 1. The molecule has 14 heteroatoms. The van der Waals surface area contributed by atoms with Crippen molar-refractivity contribution in [2.24, 2.45) is 0 Å². The maximum Gasteiger partial charge on any atom is 0.414 e. The number of rotatable bonds is 6. The van der Waals surface area contributed by atoms with Gasteiger partial charge in [0.1, 0.15) is 24.2 Å². The lowest BCUT2D eigenvalue weighted by atomic mass is 10.2. The summed E-state index contributed by atoms with van der Waals surface area (Å²) in [4.78, 5) is 48.9. The van der Waals surface area contributed by atoms with E-state index in [0.717, 1.165) is 17.0 Å². The van der Waals surface area contributed by atoms with Crippen LogP contribution in [0.4, 0.5) is 29.3 Å². The Kier molecular flexibility index (Phi) is 6.54. The van der Waals surface area contributed by atoms with E-state index in [1.807, 2.05) is 0 Å². The van der Waals surface area contributed by atoms with Gasteiger partial charge >= 0.3 is 6.09 Å². The van der Waals surface area contributed by atoms with E-state index in [9.17, 15) is 27.6 Å². The molecule has 2 aliphatic heterocycles. The van der Waals surface area contributed by atoms with Gasteiger partial charge in [-0.25, -0.2) is 22.9 Å². The number of hydrogen-bond acceptors (Lipinski definition) is 7. The smallest absolute Gasteiger partial charge is 0.414 e. The summed E-state index contributed by atoms with van der Waals surface area (Å²) in [7, 11) is 0. The maximum atomic E-state index is 14.9. The normalized spacial score (nSPS) is 17.9. The van der Waals surface area contributed by atoms with Crippen LogP contribution in [0.5, 0.6) is 0 Å². The molecule has 3 amide bonds. The summed E-state index contributed by atoms with van der Waals surface area (Å²) >= 11 is 0. The van der Waals surface area contributed by atoms with Crippen molar-refractivity contribution in [2.45, 2.75) is 6.10 Å². The molecule has 1 atom stereocenters. The zero-order valence-electron chi connectivity index (χ0n) is 19.4. The molecule has 3 aromatic rings. The standard InChI is InChI=1S/C23H22F3N7O4/c24-9-15-12-33(23(36)37-15)14-7-16(25)21(17(26)8-14)31-5-3-30(4-6-31)20(34)11-28-22(35)18-13-32-2-1-27-10-19(32)29-18/h1-2,7-8,10,13,15H,3-6,9,11-12H2,(H,28,35)/t15-/m0/s1. The highest BCUT2D eigenvalue weighted by Crippen LogP contribution is 2.31. The van der Waals surface area contributed by atoms with Crippen LogP contribution in [0.3, 0.4) is 0 Å².